The summed E-state index contributed by atoms with van der Waals surface area (Å²) < 4.78 is 5.57. The highest BCUT2D eigenvalue weighted by atomic mass is 16.5. The molecule has 6 heteroatoms. The highest BCUT2D eigenvalue weighted by molar-refractivity contribution is 6.00. The maximum atomic E-state index is 10.6. The van der Waals surface area contributed by atoms with Crippen molar-refractivity contribution in [1.29, 1.82) is 0 Å². The molecule has 0 radical (unpaired) electrons. The molecule has 26 heavy (non-hydrogen) atoms. The van der Waals surface area contributed by atoms with Crippen LogP contribution in [0.5, 0.6) is 5.75 Å². The van der Waals surface area contributed by atoms with Gasteiger partial charge in [-0.3, -0.25) is 10.1 Å². The molecule has 0 saturated heterocycles. The SMILES string of the molecule is COc1c(C)ccc2c(N=C(N)NC=O)cc(-c3ccccc3C)nc12. The first-order valence-electron chi connectivity index (χ1n) is 8.14. The highest BCUT2D eigenvalue weighted by Crippen LogP contribution is 2.37. The lowest BCUT2D eigenvalue weighted by atomic mass is 10.0. The highest BCUT2D eigenvalue weighted by Gasteiger charge is 2.14. The molecule has 3 rings (SSSR count). The number of rotatable bonds is 4. The van der Waals surface area contributed by atoms with Crippen LogP contribution in [0, 0.1) is 13.8 Å². The second-order valence-corrected chi connectivity index (χ2v) is 5.91. The van der Waals surface area contributed by atoms with E-state index in [0.717, 1.165) is 27.8 Å². The number of methoxy groups -OCH3 is 1. The summed E-state index contributed by atoms with van der Waals surface area (Å²) in [6.45, 7) is 3.99. The number of aryl methyl sites for hydroxylation is 2. The van der Waals surface area contributed by atoms with Crippen molar-refractivity contribution in [3.8, 4) is 17.0 Å². The molecule has 1 amide bonds. The van der Waals surface area contributed by atoms with Gasteiger partial charge >= 0.3 is 0 Å². The maximum Gasteiger partial charge on any atom is 0.213 e. The van der Waals surface area contributed by atoms with Crippen LogP contribution in [0.4, 0.5) is 5.69 Å². The Morgan fingerprint density at radius 2 is 1.96 bits per heavy atom. The number of guanidine groups is 1. The van der Waals surface area contributed by atoms with E-state index in [1.54, 1.807) is 7.11 Å². The minimum Gasteiger partial charge on any atom is -0.494 e. The monoisotopic (exact) mass is 348 g/mol. The number of hydrogen-bond acceptors (Lipinski definition) is 4. The first-order chi connectivity index (χ1) is 12.5. The van der Waals surface area contributed by atoms with Gasteiger partial charge in [0.15, 0.2) is 5.96 Å². The fourth-order valence-electron chi connectivity index (χ4n) is 2.92. The van der Waals surface area contributed by atoms with Gasteiger partial charge in [0.05, 0.1) is 18.5 Å². The maximum absolute atomic E-state index is 10.6. The van der Waals surface area contributed by atoms with Gasteiger partial charge in [0.2, 0.25) is 6.41 Å². The van der Waals surface area contributed by atoms with Crippen molar-refractivity contribution in [2.45, 2.75) is 13.8 Å². The molecule has 1 aromatic heterocycles. The molecule has 0 spiro atoms. The largest absolute Gasteiger partial charge is 0.494 e. The quantitative estimate of drug-likeness (QED) is 0.430. The predicted molar refractivity (Wildman–Crippen MR) is 104 cm³/mol. The average molecular weight is 348 g/mol. The number of pyridine rings is 1. The van der Waals surface area contributed by atoms with Crippen molar-refractivity contribution < 1.29 is 9.53 Å². The topological polar surface area (TPSA) is 89.6 Å². The van der Waals surface area contributed by atoms with Crippen LogP contribution >= 0.6 is 0 Å². The minimum atomic E-state index is 0.0165. The molecular weight excluding hydrogens is 328 g/mol. The normalized spacial score (nSPS) is 11.4. The number of carbonyl (C=O) groups is 1. The third kappa shape index (κ3) is 3.21. The van der Waals surface area contributed by atoms with Gasteiger partial charge in [0, 0.05) is 10.9 Å². The first kappa shape index (κ1) is 17.4. The van der Waals surface area contributed by atoms with Gasteiger partial charge < -0.3 is 10.5 Å². The zero-order valence-corrected chi connectivity index (χ0v) is 14.9. The van der Waals surface area contributed by atoms with Gasteiger partial charge in [0.25, 0.3) is 0 Å². The van der Waals surface area contributed by atoms with Gasteiger partial charge in [0.1, 0.15) is 11.3 Å². The Kier molecular flexibility index (Phi) is 4.84. The number of benzene rings is 2. The second-order valence-electron chi connectivity index (χ2n) is 5.91. The molecule has 0 saturated carbocycles. The molecule has 0 atom stereocenters. The van der Waals surface area contributed by atoms with E-state index in [9.17, 15) is 4.79 Å². The summed E-state index contributed by atoms with van der Waals surface area (Å²) in [5.74, 6) is 0.707. The van der Waals surface area contributed by atoms with E-state index >= 15 is 0 Å². The van der Waals surface area contributed by atoms with Crippen LogP contribution < -0.4 is 15.8 Å². The number of aromatic nitrogens is 1. The fraction of sp³-hybridized carbons (Fsp3) is 0.150. The molecule has 3 N–H and O–H groups in total. The number of amides is 1. The van der Waals surface area contributed by atoms with Crippen molar-refractivity contribution >= 4 is 29.0 Å². The van der Waals surface area contributed by atoms with Crippen LogP contribution in [0.15, 0.2) is 47.5 Å². The molecule has 0 aliphatic rings. The van der Waals surface area contributed by atoms with Crippen LogP contribution in [0.2, 0.25) is 0 Å². The standard InChI is InChI=1S/C20H20N4O2/c1-12-6-4-5-7-14(12)16-10-17(24-20(21)22-11-25)15-9-8-13(2)19(26-3)18(15)23-16/h4-11H,1-3H3,(H3,21,22,23,24,25). The fourth-order valence-corrected chi connectivity index (χ4v) is 2.92. The summed E-state index contributed by atoms with van der Waals surface area (Å²) in [7, 11) is 1.62. The third-order valence-electron chi connectivity index (χ3n) is 4.18. The second kappa shape index (κ2) is 7.23. The summed E-state index contributed by atoms with van der Waals surface area (Å²) >= 11 is 0. The van der Waals surface area contributed by atoms with Crippen LogP contribution in [0.25, 0.3) is 22.2 Å². The lowest BCUT2D eigenvalue weighted by Crippen LogP contribution is -2.29. The number of nitrogens with two attached hydrogens (primary N) is 1. The Hall–Kier alpha value is -3.41. The predicted octanol–water partition coefficient (Wildman–Crippen LogP) is 3.22. The third-order valence-corrected chi connectivity index (χ3v) is 4.18. The molecular formula is C20H20N4O2. The van der Waals surface area contributed by atoms with Crippen LogP contribution in [0.3, 0.4) is 0 Å². The van der Waals surface area contributed by atoms with E-state index in [1.165, 1.54) is 0 Å². The number of aliphatic imine (C=N–C) groups is 1. The smallest absolute Gasteiger partial charge is 0.213 e. The van der Waals surface area contributed by atoms with E-state index in [2.05, 4.69) is 10.3 Å². The molecule has 0 aliphatic heterocycles. The van der Waals surface area contributed by atoms with Gasteiger partial charge in [-0.2, -0.15) is 0 Å². The van der Waals surface area contributed by atoms with E-state index in [-0.39, 0.29) is 5.96 Å². The minimum absolute atomic E-state index is 0.0165. The zero-order valence-electron chi connectivity index (χ0n) is 14.9. The molecule has 0 aliphatic carbocycles. The van der Waals surface area contributed by atoms with Crippen LogP contribution in [-0.2, 0) is 4.79 Å². The lowest BCUT2D eigenvalue weighted by molar-refractivity contribution is -0.108. The number of carbonyl (C=O) groups excluding carboxylic acids is 1. The Balaban J connectivity index is 2.35. The summed E-state index contributed by atoms with van der Waals surface area (Å²) in [4.78, 5) is 19.8. The zero-order chi connectivity index (χ0) is 18.7. The molecule has 0 unspecified atom stereocenters. The first-order valence-corrected chi connectivity index (χ1v) is 8.14. The van der Waals surface area contributed by atoms with Crippen LogP contribution in [0.1, 0.15) is 11.1 Å². The summed E-state index contributed by atoms with van der Waals surface area (Å²) in [6.07, 6.45) is 0.495. The number of hydrogen-bond donors (Lipinski definition) is 2. The number of nitrogens with one attached hydrogen (secondary N) is 1. The molecule has 3 aromatic rings. The average Bonchev–Trinajstić information content (AvgIpc) is 2.62. The van der Waals surface area contributed by atoms with E-state index in [1.807, 2.05) is 56.3 Å². The van der Waals surface area contributed by atoms with Crippen LogP contribution in [-0.4, -0.2) is 24.5 Å². The molecule has 2 aromatic carbocycles. The Morgan fingerprint density at radius 3 is 2.65 bits per heavy atom. The van der Waals surface area contributed by atoms with E-state index in [4.69, 9.17) is 15.5 Å². The molecule has 0 fully saturated rings. The van der Waals surface area contributed by atoms with Crippen molar-refractivity contribution in [3.05, 3.63) is 53.6 Å². The Labute approximate surface area is 151 Å². The van der Waals surface area contributed by atoms with Crippen molar-refractivity contribution in [3.63, 3.8) is 0 Å². The molecule has 1 heterocycles. The van der Waals surface area contributed by atoms with Gasteiger partial charge in [-0.05, 0) is 31.0 Å². The summed E-state index contributed by atoms with van der Waals surface area (Å²) in [5, 5.41) is 3.16. The summed E-state index contributed by atoms with van der Waals surface area (Å²) in [6, 6.07) is 13.7. The Morgan fingerprint density at radius 1 is 1.19 bits per heavy atom. The number of fused-ring (bicyclic) bond motifs is 1. The van der Waals surface area contributed by atoms with Gasteiger partial charge in [-0.15, -0.1) is 0 Å². The van der Waals surface area contributed by atoms with Crippen molar-refractivity contribution in [1.82, 2.24) is 10.3 Å². The molecule has 132 valence electrons. The number of ether oxygens (including phenoxy) is 1. The van der Waals surface area contributed by atoms with E-state index < -0.39 is 0 Å². The summed E-state index contributed by atoms with van der Waals surface area (Å²) in [5.41, 5.74) is 10.9. The van der Waals surface area contributed by atoms with Crippen molar-refractivity contribution in [2.75, 3.05) is 7.11 Å². The van der Waals surface area contributed by atoms with E-state index in [0.29, 0.717) is 23.4 Å². The number of nitrogens with zero attached hydrogens (tertiary/aromatic N) is 2. The van der Waals surface area contributed by atoms with Gasteiger partial charge in [-0.1, -0.05) is 36.4 Å². The van der Waals surface area contributed by atoms with Gasteiger partial charge in [-0.25, -0.2) is 9.98 Å². The van der Waals surface area contributed by atoms with Crippen molar-refractivity contribution in [2.24, 2.45) is 10.7 Å². The molecule has 0 bridgehead atoms. The Bertz CT molecular complexity index is 1010. The molecule has 6 nitrogen and oxygen atoms in total. The lowest BCUT2D eigenvalue weighted by Gasteiger charge is -2.13.